The van der Waals surface area contributed by atoms with Crippen LogP contribution in [0.5, 0.6) is 11.5 Å². The number of fused-ring (bicyclic) bond motifs is 2. The van der Waals surface area contributed by atoms with Gasteiger partial charge in [-0.25, -0.2) is 4.79 Å². The molecular formula is C17H20N2O6. The maximum atomic E-state index is 12.6. The SMILES string of the molecule is COC(=O)CCN1C(=O)[C@H]2Cc3cc(OC)c(OC)cc3CN2C1=O. The van der Waals surface area contributed by atoms with Gasteiger partial charge in [0.05, 0.1) is 27.8 Å². The number of ether oxygens (including phenoxy) is 3. The molecule has 134 valence electrons. The minimum absolute atomic E-state index is 0.0108. The van der Waals surface area contributed by atoms with Gasteiger partial charge in [0.1, 0.15) is 6.04 Å². The molecule has 0 aliphatic carbocycles. The van der Waals surface area contributed by atoms with Crippen LogP contribution in [0.2, 0.25) is 0 Å². The van der Waals surface area contributed by atoms with E-state index in [-0.39, 0.29) is 24.9 Å². The lowest BCUT2D eigenvalue weighted by molar-refractivity contribution is -0.141. The number of carbonyl (C=O) groups is 3. The van der Waals surface area contributed by atoms with Gasteiger partial charge in [-0.15, -0.1) is 0 Å². The third kappa shape index (κ3) is 2.88. The molecule has 2 aliphatic heterocycles. The second kappa shape index (κ2) is 6.62. The standard InChI is InChI=1S/C17H20N2O6/c1-23-13-7-10-6-12-16(21)18(5-4-15(20)25-3)17(22)19(12)9-11(10)8-14(13)24-2/h7-8,12H,4-6,9H2,1-3H3/t12-/m1/s1. The smallest absolute Gasteiger partial charge is 0.327 e. The van der Waals surface area contributed by atoms with E-state index in [9.17, 15) is 14.4 Å². The molecule has 1 aromatic rings. The molecule has 0 saturated carbocycles. The lowest BCUT2D eigenvalue weighted by atomic mass is 9.94. The average Bonchev–Trinajstić information content (AvgIpc) is 2.86. The van der Waals surface area contributed by atoms with E-state index in [1.54, 1.807) is 14.2 Å². The van der Waals surface area contributed by atoms with Crippen LogP contribution in [-0.4, -0.2) is 61.6 Å². The van der Waals surface area contributed by atoms with Crippen molar-refractivity contribution in [2.24, 2.45) is 0 Å². The highest BCUT2D eigenvalue weighted by atomic mass is 16.5. The maximum absolute atomic E-state index is 12.6. The summed E-state index contributed by atoms with van der Waals surface area (Å²) in [5.41, 5.74) is 1.87. The molecule has 3 amide bonds. The van der Waals surface area contributed by atoms with Crippen LogP contribution in [0.4, 0.5) is 4.79 Å². The number of amides is 3. The number of benzene rings is 1. The molecule has 1 fully saturated rings. The van der Waals surface area contributed by atoms with Gasteiger partial charge in [0, 0.05) is 19.5 Å². The van der Waals surface area contributed by atoms with Gasteiger partial charge >= 0.3 is 12.0 Å². The number of hydrogen-bond donors (Lipinski definition) is 0. The lowest BCUT2D eigenvalue weighted by Crippen LogP contribution is -2.40. The normalized spacial score (nSPS) is 18.8. The number of nitrogens with zero attached hydrogens (tertiary/aromatic N) is 2. The molecule has 8 nitrogen and oxygen atoms in total. The summed E-state index contributed by atoms with van der Waals surface area (Å²) < 4.78 is 15.2. The topological polar surface area (TPSA) is 85.4 Å². The molecule has 0 aromatic heterocycles. The van der Waals surface area contributed by atoms with E-state index in [0.29, 0.717) is 24.5 Å². The molecule has 1 aromatic carbocycles. The third-order valence-corrected chi connectivity index (χ3v) is 4.63. The largest absolute Gasteiger partial charge is 0.493 e. The summed E-state index contributed by atoms with van der Waals surface area (Å²) in [6, 6.07) is 2.76. The van der Waals surface area contributed by atoms with Gasteiger partial charge < -0.3 is 19.1 Å². The van der Waals surface area contributed by atoms with Crippen LogP contribution in [0.1, 0.15) is 17.5 Å². The van der Waals surface area contributed by atoms with Crippen molar-refractivity contribution in [3.8, 4) is 11.5 Å². The predicted molar refractivity (Wildman–Crippen MR) is 86.3 cm³/mol. The highest BCUT2D eigenvalue weighted by Gasteiger charge is 2.47. The summed E-state index contributed by atoms with van der Waals surface area (Å²) in [6.45, 7) is 0.347. The molecule has 0 unspecified atom stereocenters. The first-order valence-corrected chi connectivity index (χ1v) is 7.92. The summed E-state index contributed by atoms with van der Waals surface area (Å²) in [5.74, 6) is 0.437. The summed E-state index contributed by atoms with van der Waals surface area (Å²) in [6.07, 6.45) is 0.401. The highest BCUT2D eigenvalue weighted by molar-refractivity contribution is 6.04. The molecule has 2 heterocycles. The van der Waals surface area contributed by atoms with Gasteiger partial charge in [0.2, 0.25) is 0 Å². The summed E-state index contributed by atoms with van der Waals surface area (Å²) in [7, 11) is 4.38. The quantitative estimate of drug-likeness (QED) is 0.582. The number of carbonyl (C=O) groups excluding carboxylic acids is 3. The fourth-order valence-electron chi connectivity index (χ4n) is 3.27. The van der Waals surface area contributed by atoms with Crippen LogP contribution in [-0.2, 0) is 27.3 Å². The van der Waals surface area contributed by atoms with Crippen LogP contribution in [0.25, 0.3) is 0 Å². The Balaban J connectivity index is 1.84. The molecule has 0 bridgehead atoms. The molecule has 8 heteroatoms. The van der Waals surface area contributed by atoms with E-state index in [1.165, 1.54) is 12.0 Å². The fraction of sp³-hybridized carbons (Fsp3) is 0.471. The van der Waals surface area contributed by atoms with Crippen molar-refractivity contribution in [3.63, 3.8) is 0 Å². The van der Waals surface area contributed by atoms with Crippen LogP contribution in [0.15, 0.2) is 12.1 Å². The van der Waals surface area contributed by atoms with Crippen LogP contribution >= 0.6 is 0 Å². The Kier molecular flexibility index (Phi) is 4.52. The molecule has 25 heavy (non-hydrogen) atoms. The van der Waals surface area contributed by atoms with Gasteiger partial charge in [0.25, 0.3) is 5.91 Å². The molecule has 0 spiro atoms. The molecular weight excluding hydrogens is 328 g/mol. The number of esters is 1. The van der Waals surface area contributed by atoms with Crippen LogP contribution in [0, 0.1) is 0 Å². The van der Waals surface area contributed by atoms with Crippen molar-refractivity contribution in [1.29, 1.82) is 0 Å². The summed E-state index contributed by atoms with van der Waals surface area (Å²) in [4.78, 5) is 39.1. The fourth-order valence-corrected chi connectivity index (χ4v) is 3.27. The van der Waals surface area contributed by atoms with E-state index in [0.717, 1.165) is 16.0 Å². The first-order valence-electron chi connectivity index (χ1n) is 7.92. The highest BCUT2D eigenvalue weighted by Crippen LogP contribution is 2.37. The Morgan fingerprint density at radius 1 is 1.12 bits per heavy atom. The number of rotatable bonds is 5. The van der Waals surface area contributed by atoms with E-state index in [1.807, 2.05) is 12.1 Å². The van der Waals surface area contributed by atoms with E-state index >= 15 is 0 Å². The molecule has 1 saturated heterocycles. The van der Waals surface area contributed by atoms with Crippen molar-refractivity contribution >= 4 is 17.9 Å². The Bertz CT molecular complexity index is 681. The molecule has 3 rings (SSSR count). The zero-order valence-electron chi connectivity index (χ0n) is 14.4. The van der Waals surface area contributed by atoms with E-state index < -0.39 is 12.0 Å². The van der Waals surface area contributed by atoms with Gasteiger partial charge in [-0.3, -0.25) is 14.5 Å². The average molecular weight is 348 g/mol. The van der Waals surface area contributed by atoms with Gasteiger partial charge in [-0.2, -0.15) is 0 Å². The van der Waals surface area contributed by atoms with Gasteiger partial charge in [-0.1, -0.05) is 0 Å². The monoisotopic (exact) mass is 348 g/mol. The summed E-state index contributed by atoms with van der Waals surface area (Å²) >= 11 is 0. The summed E-state index contributed by atoms with van der Waals surface area (Å²) in [5, 5.41) is 0. The lowest BCUT2D eigenvalue weighted by Gasteiger charge is -2.29. The second-order valence-corrected chi connectivity index (χ2v) is 5.92. The maximum Gasteiger partial charge on any atom is 0.327 e. The third-order valence-electron chi connectivity index (χ3n) is 4.63. The number of hydrogen-bond acceptors (Lipinski definition) is 6. The van der Waals surface area contributed by atoms with Crippen molar-refractivity contribution in [2.75, 3.05) is 27.9 Å². The molecule has 2 aliphatic rings. The molecule has 1 atom stereocenters. The minimum atomic E-state index is -0.546. The van der Waals surface area contributed by atoms with Crippen molar-refractivity contribution in [2.45, 2.75) is 25.4 Å². The predicted octanol–water partition coefficient (Wildman–Crippen LogP) is 0.956. The zero-order chi connectivity index (χ0) is 18.1. The molecule has 0 N–H and O–H groups in total. The number of imide groups is 1. The Morgan fingerprint density at radius 3 is 2.36 bits per heavy atom. The number of methoxy groups -OCH3 is 3. The first kappa shape index (κ1) is 17.1. The van der Waals surface area contributed by atoms with Crippen LogP contribution in [0.3, 0.4) is 0 Å². The Labute approximate surface area is 145 Å². The first-order chi connectivity index (χ1) is 12.0. The van der Waals surface area contributed by atoms with E-state index in [2.05, 4.69) is 4.74 Å². The van der Waals surface area contributed by atoms with Gasteiger partial charge in [0.15, 0.2) is 11.5 Å². The minimum Gasteiger partial charge on any atom is -0.493 e. The van der Waals surface area contributed by atoms with Crippen molar-refractivity contribution in [3.05, 3.63) is 23.3 Å². The Morgan fingerprint density at radius 2 is 1.76 bits per heavy atom. The van der Waals surface area contributed by atoms with Crippen LogP contribution < -0.4 is 9.47 Å². The zero-order valence-corrected chi connectivity index (χ0v) is 14.4. The number of urea groups is 1. The second-order valence-electron chi connectivity index (χ2n) is 5.92. The van der Waals surface area contributed by atoms with Gasteiger partial charge in [-0.05, 0) is 23.3 Å². The Hall–Kier alpha value is -2.77. The van der Waals surface area contributed by atoms with Crippen molar-refractivity contribution in [1.82, 2.24) is 9.80 Å². The van der Waals surface area contributed by atoms with Crippen molar-refractivity contribution < 1.29 is 28.6 Å². The van der Waals surface area contributed by atoms with E-state index in [4.69, 9.17) is 9.47 Å². The molecule has 0 radical (unpaired) electrons.